The Morgan fingerprint density at radius 3 is 2.32 bits per heavy atom. The summed E-state index contributed by atoms with van der Waals surface area (Å²) >= 11 is 0. The number of unbranched alkanes of at least 4 members (excludes halogenated alkanes) is 5. The molecule has 2 saturated heterocycles. The number of aliphatic hydroxyl groups excluding tert-OH is 3. The predicted octanol–water partition coefficient (Wildman–Crippen LogP) is 0.918. The Bertz CT molecular complexity index is 986. The van der Waals surface area contributed by atoms with Gasteiger partial charge >= 0.3 is 5.97 Å². The molecule has 7 N–H and O–H groups in total. The molecule has 0 amide bonds. The van der Waals surface area contributed by atoms with E-state index >= 15 is 0 Å². The van der Waals surface area contributed by atoms with E-state index < -0.39 is 24.4 Å². The van der Waals surface area contributed by atoms with Gasteiger partial charge < -0.3 is 42.3 Å². The summed E-state index contributed by atoms with van der Waals surface area (Å²) in [5, 5.41) is 43.6. The van der Waals surface area contributed by atoms with E-state index in [9.17, 15) is 20.4 Å². The number of ether oxygens (including phenoxy) is 2. The number of rotatable bonds is 19. The minimum atomic E-state index is -1.74. The normalized spacial score (nSPS) is 27.6. The summed E-state index contributed by atoms with van der Waals surface area (Å²) in [5.74, 6) is 0.0929. The molecule has 13 heteroatoms. The number of halogens is 1. The smallest absolute Gasteiger partial charge is 0.325 e. The lowest BCUT2D eigenvalue weighted by Gasteiger charge is -2.47. The van der Waals surface area contributed by atoms with Crippen molar-refractivity contribution in [3.05, 3.63) is 61.2 Å². The Balaban J connectivity index is 0.000000525. The van der Waals surface area contributed by atoms with Crippen molar-refractivity contribution in [1.82, 2.24) is 5.32 Å². The second kappa shape index (κ2) is 23.7. The second-order valence-corrected chi connectivity index (χ2v) is 16.1. The van der Waals surface area contributed by atoms with E-state index in [4.69, 9.17) is 19.4 Å². The second-order valence-electron chi connectivity index (χ2n) is 12.6. The highest BCUT2D eigenvalue weighted by Crippen LogP contribution is 2.27. The summed E-state index contributed by atoms with van der Waals surface area (Å²) in [6, 6.07) is 10.00. The molecular formula is C34H61ClN3O7S2+. The van der Waals surface area contributed by atoms with Crippen molar-refractivity contribution < 1.29 is 51.0 Å². The quantitative estimate of drug-likeness (QED) is 0.0305. The minimum Gasteiger partial charge on any atom is -1.00 e. The molecule has 0 bridgehead atoms. The van der Waals surface area contributed by atoms with Gasteiger partial charge in [0.1, 0.15) is 29.7 Å². The fourth-order valence-electron chi connectivity index (χ4n) is 5.25. The maximum atomic E-state index is 11.3. The highest BCUT2D eigenvalue weighted by atomic mass is 35.5. The minimum absolute atomic E-state index is 0. The van der Waals surface area contributed by atoms with Crippen LogP contribution in [0.2, 0.25) is 0 Å². The van der Waals surface area contributed by atoms with Crippen molar-refractivity contribution in [3.63, 3.8) is 0 Å². The predicted molar refractivity (Wildman–Crippen MR) is 189 cm³/mol. The zero-order valence-corrected chi connectivity index (χ0v) is 30.9. The number of nitrogens with zero attached hydrogens (tertiary/aromatic N) is 1. The number of aliphatic hydroxyl groups is 4. The lowest BCUT2D eigenvalue weighted by molar-refractivity contribution is -1.000. The summed E-state index contributed by atoms with van der Waals surface area (Å²) < 4.78 is 17.1. The van der Waals surface area contributed by atoms with Crippen LogP contribution >= 0.6 is 10.8 Å². The van der Waals surface area contributed by atoms with Crippen molar-refractivity contribution in [2.45, 2.75) is 109 Å². The van der Waals surface area contributed by atoms with Crippen LogP contribution < -0.4 is 23.5 Å². The van der Waals surface area contributed by atoms with Gasteiger partial charge in [-0.3, -0.25) is 4.48 Å². The number of nitrogens with two attached hydrogens (primary N) is 1. The molecule has 9 unspecified atom stereocenters. The summed E-state index contributed by atoms with van der Waals surface area (Å²) in [6.07, 6.45) is 8.33. The summed E-state index contributed by atoms with van der Waals surface area (Å²) in [7, 11) is 3.38. The first-order chi connectivity index (χ1) is 21.9. The van der Waals surface area contributed by atoms with Gasteiger partial charge in [0.2, 0.25) is 16.5 Å². The van der Waals surface area contributed by atoms with Crippen molar-refractivity contribution in [1.29, 1.82) is 0 Å². The van der Waals surface area contributed by atoms with Crippen LogP contribution in [0.25, 0.3) is 0 Å². The Labute approximate surface area is 296 Å². The molecule has 0 spiro atoms. The van der Waals surface area contributed by atoms with Gasteiger partial charge in [0.05, 0.1) is 44.8 Å². The number of hydrogen-bond acceptors (Lipinski definition) is 10. The van der Waals surface area contributed by atoms with Crippen LogP contribution in [0.5, 0.6) is 0 Å². The first-order valence-electron chi connectivity index (χ1n) is 16.6. The fraction of sp³-hybridized carbons (Fsp3) is 0.706. The lowest BCUT2D eigenvalue weighted by atomic mass is 10.0. The molecule has 0 aliphatic carbocycles. The van der Waals surface area contributed by atoms with Crippen molar-refractivity contribution >= 4 is 21.0 Å². The molecule has 2 aliphatic rings. The van der Waals surface area contributed by atoms with E-state index in [1.54, 1.807) is 10.8 Å². The molecule has 47 heavy (non-hydrogen) atoms. The SMILES string of the molecule is C=CCS[S+](CC=C)OC1CC(O)C(C)CO1.CCCCCCCC[N+](C)(Cc1ccccc1)C(N)(O)NC1CC(O)C(O)CO1.[Cl-]. The molecule has 9 atom stereocenters. The van der Waals surface area contributed by atoms with Crippen LogP contribution in [-0.4, -0.2) is 100 Å². The maximum Gasteiger partial charge on any atom is 0.325 e. The zero-order chi connectivity index (χ0) is 34.0. The molecule has 0 radical (unpaired) electrons. The monoisotopic (exact) mass is 722 g/mol. The van der Waals surface area contributed by atoms with Gasteiger partial charge in [0, 0.05) is 24.3 Å². The lowest BCUT2D eigenvalue weighted by Crippen LogP contribution is -3.00. The van der Waals surface area contributed by atoms with E-state index in [1.165, 1.54) is 25.7 Å². The van der Waals surface area contributed by atoms with Crippen LogP contribution in [-0.2, 0) is 30.4 Å². The molecule has 2 heterocycles. The average Bonchev–Trinajstić information content (AvgIpc) is 3.02. The number of nitrogens with one attached hydrogen (secondary N) is 1. The molecule has 10 nitrogen and oxygen atoms in total. The zero-order valence-electron chi connectivity index (χ0n) is 28.6. The molecule has 3 rings (SSSR count). The van der Waals surface area contributed by atoms with Crippen molar-refractivity contribution in [2.24, 2.45) is 11.7 Å². The fourth-order valence-corrected chi connectivity index (χ4v) is 8.05. The van der Waals surface area contributed by atoms with E-state index in [0.717, 1.165) is 29.9 Å². The highest BCUT2D eigenvalue weighted by molar-refractivity contribution is 8.72. The third kappa shape index (κ3) is 16.2. The first kappa shape index (κ1) is 44.3. The van der Waals surface area contributed by atoms with Crippen LogP contribution in [0, 0.1) is 5.92 Å². The van der Waals surface area contributed by atoms with E-state index in [-0.39, 0.29) is 58.4 Å². The van der Waals surface area contributed by atoms with E-state index in [0.29, 0.717) is 26.1 Å². The Morgan fingerprint density at radius 1 is 1.02 bits per heavy atom. The maximum absolute atomic E-state index is 11.3. The van der Waals surface area contributed by atoms with Gasteiger partial charge in [0.25, 0.3) is 0 Å². The summed E-state index contributed by atoms with van der Waals surface area (Å²) in [5.41, 5.74) is 7.50. The highest BCUT2D eigenvalue weighted by Gasteiger charge is 2.46. The van der Waals surface area contributed by atoms with Gasteiger partial charge in [0.15, 0.2) is 5.75 Å². The van der Waals surface area contributed by atoms with Crippen molar-refractivity contribution in [2.75, 3.05) is 38.3 Å². The topological polar surface area (TPSA) is 147 Å². The summed E-state index contributed by atoms with van der Waals surface area (Å²) in [4.78, 5) is 0. The van der Waals surface area contributed by atoms with Gasteiger partial charge in [-0.05, 0) is 18.9 Å². The van der Waals surface area contributed by atoms with Gasteiger partial charge in [-0.15, -0.1) is 10.8 Å². The summed E-state index contributed by atoms with van der Waals surface area (Å²) in [6.45, 7) is 13.4. The Morgan fingerprint density at radius 2 is 1.70 bits per heavy atom. The van der Waals surface area contributed by atoms with Gasteiger partial charge in [-0.25, -0.2) is 5.73 Å². The largest absolute Gasteiger partial charge is 1.00 e. The molecule has 1 aromatic carbocycles. The van der Waals surface area contributed by atoms with E-state index in [1.807, 2.05) is 56.5 Å². The number of quaternary nitrogens is 1. The van der Waals surface area contributed by atoms with Crippen LogP contribution in [0.15, 0.2) is 55.6 Å². The molecule has 272 valence electrons. The van der Waals surface area contributed by atoms with Gasteiger partial charge in [-0.2, -0.15) is 5.32 Å². The number of benzene rings is 1. The Hall–Kier alpha value is -0.710. The first-order valence-corrected chi connectivity index (χ1v) is 19.4. The molecule has 2 aliphatic heterocycles. The molecular weight excluding hydrogens is 662 g/mol. The number of hydrogen-bond donors (Lipinski definition) is 6. The molecule has 1 aromatic rings. The third-order valence-electron chi connectivity index (χ3n) is 8.37. The molecule has 2 fully saturated rings. The third-order valence-corrected chi connectivity index (χ3v) is 11.8. The van der Waals surface area contributed by atoms with Crippen LogP contribution in [0.3, 0.4) is 0 Å². The van der Waals surface area contributed by atoms with Crippen LogP contribution in [0.1, 0.15) is 70.8 Å². The molecule has 0 saturated carbocycles. The van der Waals surface area contributed by atoms with E-state index in [2.05, 4.69) is 25.4 Å². The Kier molecular flexibility index (Phi) is 22.3. The van der Waals surface area contributed by atoms with Crippen LogP contribution in [0.4, 0.5) is 0 Å². The van der Waals surface area contributed by atoms with Gasteiger partial charge in [-0.1, -0.05) is 82.5 Å². The standard InChI is InChI=1S/C22H40N3O4.C12H21O3S2.ClH/c1-3-4-5-6-7-11-14-25(2,16-18-12-9-8-10-13-18)22(23,28)24-21-15-19(26)20(27)17-29-21;1-4-6-16-17(7-5-2)15-12-8-11(13)10(3)9-14-12;/h8-10,12-13,19-21,24,26-28H,3-7,11,14-17,23H2,1-2H3;4-5,10-13H,1-2,6-9H2,3H3;1H/q2*+1;/p-1. The molecule has 0 aromatic heterocycles. The van der Waals surface area contributed by atoms with Crippen molar-refractivity contribution in [3.8, 4) is 0 Å². The average molecular weight is 723 g/mol.